The van der Waals surface area contributed by atoms with E-state index in [0.717, 1.165) is 38.9 Å². The lowest BCUT2D eigenvalue weighted by Gasteiger charge is -2.10. The van der Waals surface area contributed by atoms with Gasteiger partial charge in [0.25, 0.3) is 0 Å². The summed E-state index contributed by atoms with van der Waals surface area (Å²) in [6.07, 6.45) is 4.23. The second-order valence-corrected chi connectivity index (χ2v) is 8.98. The van der Waals surface area contributed by atoms with E-state index in [-0.39, 0.29) is 11.6 Å². The van der Waals surface area contributed by atoms with Crippen LogP contribution in [0, 0.1) is 11.6 Å². The zero-order chi connectivity index (χ0) is 24.2. The van der Waals surface area contributed by atoms with Crippen LogP contribution < -0.4 is 0 Å². The van der Waals surface area contributed by atoms with E-state index >= 15 is 0 Å². The van der Waals surface area contributed by atoms with Crippen molar-refractivity contribution in [2.24, 2.45) is 0 Å². The Morgan fingerprint density at radius 3 is 1.83 bits per heavy atom. The fraction of sp³-hybridized carbons (Fsp3) is 0. The molecular weight excluding hydrogens is 450 g/mol. The molecule has 3 aromatic heterocycles. The summed E-state index contributed by atoms with van der Waals surface area (Å²) in [6.45, 7) is 0. The number of halogens is 2. The van der Waals surface area contributed by atoms with Crippen molar-refractivity contribution >= 4 is 27.3 Å². The predicted molar refractivity (Wildman–Crippen MR) is 143 cm³/mol. The molecule has 3 heterocycles. The van der Waals surface area contributed by atoms with Crippen molar-refractivity contribution in [2.45, 2.75) is 0 Å². The average molecular weight is 471 g/mol. The van der Waals surface area contributed by atoms with Gasteiger partial charge < -0.3 is 8.97 Å². The van der Waals surface area contributed by atoms with Gasteiger partial charge in [-0.1, -0.05) is 48.5 Å². The van der Waals surface area contributed by atoms with E-state index in [9.17, 15) is 8.78 Å². The second kappa shape index (κ2) is 7.92. The highest BCUT2D eigenvalue weighted by Gasteiger charge is 2.16. The summed E-state index contributed by atoms with van der Waals surface area (Å²) in [6, 6.07) is 34.3. The summed E-state index contributed by atoms with van der Waals surface area (Å²) < 4.78 is 32.4. The van der Waals surface area contributed by atoms with Gasteiger partial charge in [0.2, 0.25) is 0 Å². The zero-order valence-corrected chi connectivity index (χ0v) is 19.2. The number of aromatic nitrogens is 2. The Bertz CT molecular complexity index is 1840. The maximum absolute atomic E-state index is 14.1. The number of hydrogen-bond acceptors (Lipinski definition) is 0. The van der Waals surface area contributed by atoms with Crippen LogP contribution in [0.15, 0.2) is 122 Å². The lowest BCUT2D eigenvalue weighted by molar-refractivity contribution is 0.628. The van der Waals surface area contributed by atoms with E-state index in [2.05, 4.69) is 82.0 Å². The van der Waals surface area contributed by atoms with Crippen molar-refractivity contribution in [2.75, 3.05) is 0 Å². The van der Waals surface area contributed by atoms with Crippen molar-refractivity contribution in [3.8, 4) is 27.9 Å². The molecule has 0 atom stereocenters. The quantitative estimate of drug-likeness (QED) is 0.244. The van der Waals surface area contributed by atoms with Crippen LogP contribution in [0.4, 0.5) is 8.78 Å². The van der Waals surface area contributed by atoms with E-state index in [0.29, 0.717) is 10.8 Å². The van der Waals surface area contributed by atoms with E-state index < -0.39 is 0 Å². The molecule has 0 spiro atoms. The SMILES string of the molecule is Fc1ccc2c(c1)c1cc(F)ccc1n2-c1ccc(-c2cn3ccccc3c2-c2ccccc2)cc1. The third-order valence-corrected chi connectivity index (χ3v) is 6.87. The van der Waals surface area contributed by atoms with Crippen molar-refractivity contribution in [1.29, 1.82) is 0 Å². The molecule has 0 bridgehead atoms. The van der Waals surface area contributed by atoms with Crippen LogP contribution in [0.25, 0.3) is 55.3 Å². The van der Waals surface area contributed by atoms with Crippen LogP contribution >= 0.6 is 0 Å². The molecule has 4 heteroatoms. The summed E-state index contributed by atoms with van der Waals surface area (Å²) >= 11 is 0. The first-order chi connectivity index (χ1) is 17.7. The Labute approximate surface area is 206 Å². The van der Waals surface area contributed by atoms with Gasteiger partial charge in [-0.15, -0.1) is 0 Å². The first kappa shape index (κ1) is 20.7. The maximum atomic E-state index is 14.1. The first-order valence-corrected chi connectivity index (χ1v) is 11.8. The molecule has 7 rings (SSSR count). The Kier molecular flexibility index (Phi) is 4.55. The summed E-state index contributed by atoms with van der Waals surface area (Å²) in [5.74, 6) is -0.675. The minimum Gasteiger partial charge on any atom is -0.323 e. The molecule has 0 fully saturated rings. The van der Waals surface area contributed by atoms with Crippen LogP contribution in [-0.2, 0) is 0 Å². The number of pyridine rings is 1. The summed E-state index contributed by atoms with van der Waals surface area (Å²) in [7, 11) is 0. The maximum Gasteiger partial charge on any atom is 0.123 e. The van der Waals surface area contributed by atoms with Gasteiger partial charge in [0.15, 0.2) is 0 Å². The number of fused-ring (bicyclic) bond motifs is 4. The number of hydrogen-bond donors (Lipinski definition) is 0. The summed E-state index contributed by atoms with van der Waals surface area (Å²) in [5.41, 5.74) is 8.35. The lowest BCUT2D eigenvalue weighted by Crippen LogP contribution is -1.94. The first-order valence-electron chi connectivity index (χ1n) is 11.8. The monoisotopic (exact) mass is 470 g/mol. The minimum absolute atomic E-state index is 0.338. The van der Waals surface area contributed by atoms with Crippen molar-refractivity contribution in [3.63, 3.8) is 0 Å². The Balaban J connectivity index is 1.42. The van der Waals surface area contributed by atoms with Crippen LogP contribution in [0.1, 0.15) is 0 Å². The number of nitrogens with zero attached hydrogens (tertiary/aromatic N) is 2. The normalized spacial score (nSPS) is 11.6. The Hall–Kier alpha value is -4.70. The predicted octanol–water partition coefficient (Wildman–Crippen LogP) is 8.65. The third kappa shape index (κ3) is 3.15. The van der Waals surface area contributed by atoms with Crippen molar-refractivity contribution in [1.82, 2.24) is 8.97 Å². The molecule has 4 aromatic carbocycles. The highest BCUT2D eigenvalue weighted by Crippen LogP contribution is 2.38. The summed E-state index contributed by atoms with van der Waals surface area (Å²) in [4.78, 5) is 0. The molecule has 0 unspecified atom stereocenters. The number of benzene rings is 4. The molecule has 0 aliphatic carbocycles. The Morgan fingerprint density at radius 2 is 1.17 bits per heavy atom. The van der Waals surface area contributed by atoms with Gasteiger partial charge in [-0.3, -0.25) is 0 Å². The standard InChI is InChI=1S/C32H20F2N2/c33-23-11-15-29-26(18-23)27-19-24(34)12-16-30(27)36(29)25-13-9-21(10-14-25)28-20-35-17-5-4-8-31(35)32(28)22-6-2-1-3-7-22/h1-20H. The lowest BCUT2D eigenvalue weighted by atomic mass is 9.97. The fourth-order valence-electron chi connectivity index (χ4n) is 5.29. The fourth-order valence-corrected chi connectivity index (χ4v) is 5.29. The molecule has 0 amide bonds. The third-order valence-electron chi connectivity index (χ3n) is 6.87. The van der Waals surface area contributed by atoms with Gasteiger partial charge in [-0.2, -0.15) is 0 Å². The van der Waals surface area contributed by atoms with Crippen LogP contribution in [0.3, 0.4) is 0 Å². The van der Waals surface area contributed by atoms with Gasteiger partial charge in [0, 0.05) is 40.0 Å². The molecule has 172 valence electrons. The highest BCUT2D eigenvalue weighted by atomic mass is 19.1. The van der Waals surface area contributed by atoms with Crippen LogP contribution in [0.5, 0.6) is 0 Å². The molecule has 0 N–H and O–H groups in total. The molecule has 2 nitrogen and oxygen atoms in total. The van der Waals surface area contributed by atoms with E-state index in [1.165, 1.54) is 29.8 Å². The van der Waals surface area contributed by atoms with Gasteiger partial charge in [-0.25, -0.2) is 8.78 Å². The van der Waals surface area contributed by atoms with E-state index in [1.807, 2.05) is 12.1 Å². The van der Waals surface area contributed by atoms with Gasteiger partial charge in [0.05, 0.1) is 16.6 Å². The molecule has 0 radical (unpaired) electrons. The minimum atomic E-state index is -0.338. The molecule has 0 aliphatic rings. The average Bonchev–Trinajstić information content (AvgIpc) is 3.45. The van der Waals surface area contributed by atoms with Gasteiger partial charge in [-0.05, 0) is 71.8 Å². The Morgan fingerprint density at radius 1 is 0.528 bits per heavy atom. The van der Waals surface area contributed by atoms with Gasteiger partial charge >= 0.3 is 0 Å². The molecule has 0 aliphatic heterocycles. The highest BCUT2D eigenvalue weighted by molar-refractivity contribution is 6.09. The molecular formula is C32H20F2N2. The zero-order valence-electron chi connectivity index (χ0n) is 19.2. The smallest absolute Gasteiger partial charge is 0.123 e. The van der Waals surface area contributed by atoms with Crippen molar-refractivity contribution in [3.05, 3.63) is 133 Å². The summed E-state index contributed by atoms with van der Waals surface area (Å²) in [5, 5.41) is 1.39. The van der Waals surface area contributed by atoms with Crippen molar-refractivity contribution < 1.29 is 8.78 Å². The van der Waals surface area contributed by atoms with E-state index in [4.69, 9.17) is 0 Å². The molecule has 0 saturated heterocycles. The molecule has 36 heavy (non-hydrogen) atoms. The molecule has 7 aromatic rings. The number of rotatable bonds is 3. The second-order valence-electron chi connectivity index (χ2n) is 8.98. The van der Waals surface area contributed by atoms with E-state index in [1.54, 1.807) is 12.1 Å². The van der Waals surface area contributed by atoms with Crippen LogP contribution in [-0.4, -0.2) is 8.97 Å². The van der Waals surface area contributed by atoms with Crippen LogP contribution in [0.2, 0.25) is 0 Å². The topological polar surface area (TPSA) is 9.34 Å². The van der Waals surface area contributed by atoms with Gasteiger partial charge in [0.1, 0.15) is 11.6 Å². The largest absolute Gasteiger partial charge is 0.323 e. The molecule has 0 saturated carbocycles.